The summed E-state index contributed by atoms with van der Waals surface area (Å²) in [6, 6.07) is 15.3. The molecule has 2 aromatic heterocycles. The van der Waals surface area contributed by atoms with Crippen molar-refractivity contribution < 1.29 is 14.3 Å². The van der Waals surface area contributed by atoms with Crippen LogP contribution >= 0.6 is 0 Å². The Bertz CT molecular complexity index is 1330. The Labute approximate surface area is 178 Å². The summed E-state index contributed by atoms with van der Waals surface area (Å²) in [6.45, 7) is 1.75. The fourth-order valence-corrected chi connectivity index (χ4v) is 3.30. The van der Waals surface area contributed by atoms with E-state index in [9.17, 15) is 9.59 Å². The van der Waals surface area contributed by atoms with Crippen LogP contribution in [0.3, 0.4) is 0 Å². The third-order valence-corrected chi connectivity index (χ3v) is 4.84. The predicted octanol–water partition coefficient (Wildman–Crippen LogP) is 3.36. The van der Waals surface area contributed by atoms with Crippen molar-refractivity contribution in [2.45, 2.75) is 6.92 Å². The first-order valence-electron chi connectivity index (χ1n) is 9.50. The van der Waals surface area contributed by atoms with E-state index in [0.717, 1.165) is 0 Å². The fourth-order valence-electron chi connectivity index (χ4n) is 3.30. The van der Waals surface area contributed by atoms with E-state index in [-0.39, 0.29) is 11.5 Å². The summed E-state index contributed by atoms with van der Waals surface area (Å²) < 4.78 is 12.0. The molecule has 4 aromatic rings. The van der Waals surface area contributed by atoms with Gasteiger partial charge in [-0.1, -0.05) is 0 Å². The monoisotopic (exact) mass is 416 g/mol. The van der Waals surface area contributed by atoms with Gasteiger partial charge in [-0.3, -0.25) is 14.2 Å². The Morgan fingerprint density at radius 1 is 1.00 bits per heavy atom. The maximum absolute atomic E-state index is 12.9. The molecule has 156 valence electrons. The molecule has 0 aliphatic carbocycles. The maximum Gasteiger partial charge on any atom is 0.267 e. The quantitative estimate of drug-likeness (QED) is 0.536. The Kier molecular flexibility index (Phi) is 5.36. The van der Waals surface area contributed by atoms with Crippen LogP contribution in [0.25, 0.3) is 16.7 Å². The molecule has 8 heteroatoms. The highest BCUT2D eigenvalue weighted by atomic mass is 16.5. The topological polar surface area (TPSA) is 95.3 Å². The molecule has 0 bridgehead atoms. The first-order chi connectivity index (χ1) is 15.0. The first kappa shape index (κ1) is 20.1. The number of pyridine rings is 1. The molecule has 0 unspecified atom stereocenters. The second-order valence-electron chi connectivity index (χ2n) is 6.74. The maximum atomic E-state index is 12.9. The van der Waals surface area contributed by atoms with Crippen LogP contribution in [0.4, 0.5) is 5.69 Å². The van der Waals surface area contributed by atoms with Gasteiger partial charge in [-0.25, -0.2) is 9.97 Å². The third-order valence-electron chi connectivity index (χ3n) is 4.84. The highest BCUT2D eigenvalue weighted by Gasteiger charge is 2.13. The first-order valence-corrected chi connectivity index (χ1v) is 9.50. The van der Waals surface area contributed by atoms with E-state index in [2.05, 4.69) is 15.3 Å². The Hall–Kier alpha value is -4.20. The highest BCUT2D eigenvalue weighted by Crippen LogP contribution is 2.28. The number of nitrogens with one attached hydrogen (secondary N) is 1. The molecular formula is C23H20N4O4. The summed E-state index contributed by atoms with van der Waals surface area (Å²) in [5.74, 6) is 1.25. The lowest BCUT2D eigenvalue weighted by molar-refractivity contribution is 0.102. The number of methoxy groups -OCH3 is 2. The number of amides is 1. The molecule has 0 saturated carbocycles. The number of hydrogen-bond donors (Lipinski definition) is 1. The van der Waals surface area contributed by atoms with Crippen molar-refractivity contribution >= 4 is 22.6 Å². The number of benzene rings is 2. The molecule has 8 nitrogen and oxygen atoms in total. The van der Waals surface area contributed by atoms with Gasteiger partial charge in [0.2, 0.25) is 0 Å². The van der Waals surface area contributed by atoms with Crippen LogP contribution in [0.5, 0.6) is 11.5 Å². The summed E-state index contributed by atoms with van der Waals surface area (Å²) in [5, 5.41) is 3.28. The molecule has 1 amide bonds. The number of carbonyl (C=O) groups excluding carboxylic acids is 1. The van der Waals surface area contributed by atoms with Crippen molar-refractivity contribution in [3.63, 3.8) is 0 Å². The molecule has 0 saturated heterocycles. The van der Waals surface area contributed by atoms with Gasteiger partial charge in [0.25, 0.3) is 11.5 Å². The second kappa shape index (κ2) is 8.27. The van der Waals surface area contributed by atoms with Crippen LogP contribution in [-0.2, 0) is 0 Å². The van der Waals surface area contributed by atoms with Crippen LogP contribution in [0.1, 0.15) is 16.2 Å². The van der Waals surface area contributed by atoms with Gasteiger partial charge in [-0.15, -0.1) is 0 Å². The van der Waals surface area contributed by atoms with Crippen molar-refractivity contribution in [3.8, 4) is 17.2 Å². The van der Waals surface area contributed by atoms with E-state index in [1.165, 1.54) is 18.8 Å². The number of hydrogen-bond acceptors (Lipinski definition) is 6. The van der Waals surface area contributed by atoms with Crippen LogP contribution in [0.2, 0.25) is 0 Å². The molecule has 0 radical (unpaired) electrons. The van der Waals surface area contributed by atoms with E-state index >= 15 is 0 Å². The van der Waals surface area contributed by atoms with Crippen molar-refractivity contribution in [3.05, 3.63) is 82.5 Å². The number of ether oxygens (including phenoxy) is 2. The van der Waals surface area contributed by atoms with E-state index in [1.807, 2.05) is 0 Å². The molecule has 4 rings (SSSR count). The number of aromatic nitrogens is 3. The molecule has 1 N–H and O–H groups in total. The van der Waals surface area contributed by atoms with E-state index < -0.39 is 0 Å². The molecule has 31 heavy (non-hydrogen) atoms. The zero-order valence-corrected chi connectivity index (χ0v) is 17.2. The average Bonchev–Trinajstić information content (AvgIpc) is 2.79. The number of anilines is 1. The number of aryl methyl sites for hydroxylation is 1. The summed E-state index contributed by atoms with van der Waals surface area (Å²) in [5.41, 5.74) is 1.88. The fraction of sp³-hybridized carbons (Fsp3) is 0.130. The number of rotatable bonds is 5. The van der Waals surface area contributed by atoms with E-state index in [4.69, 9.17) is 9.47 Å². The lowest BCUT2D eigenvalue weighted by atomic mass is 10.1. The summed E-state index contributed by atoms with van der Waals surface area (Å²) in [7, 11) is 3.05. The molecule has 0 aliphatic heterocycles. The van der Waals surface area contributed by atoms with Crippen molar-refractivity contribution in [1.82, 2.24) is 14.5 Å². The smallest absolute Gasteiger partial charge is 0.267 e. The minimum absolute atomic E-state index is 0.197. The molecule has 0 fully saturated rings. The lowest BCUT2D eigenvalue weighted by Crippen LogP contribution is -2.22. The summed E-state index contributed by atoms with van der Waals surface area (Å²) >= 11 is 0. The average molecular weight is 416 g/mol. The number of fused-ring (bicyclic) bond motifs is 1. The summed E-state index contributed by atoms with van der Waals surface area (Å²) in [6.07, 6.45) is 1.61. The Morgan fingerprint density at radius 3 is 2.45 bits per heavy atom. The molecule has 0 spiro atoms. The standard InChI is InChI=1S/C23H20N4O4/c1-14-25-21-18(5-4-12-24-21)23(29)27(14)17-9-7-16(8-10-17)26-22(28)15-6-11-19(30-2)20(13-15)31-3/h4-13H,1-3H3,(H,26,28). The second-order valence-corrected chi connectivity index (χ2v) is 6.74. The normalized spacial score (nSPS) is 10.7. The molecule has 0 aliphatic rings. The van der Waals surface area contributed by atoms with Gasteiger partial charge in [-0.05, 0) is 61.5 Å². The minimum Gasteiger partial charge on any atom is -0.493 e. The van der Waals surface area contributed by atoms with E-state index in [0.29, 0.717) is 45.3 Å². The summed E-state index contributed by atoms with van der Waals surface area (Å²) in [4.78, 5) is 34.1. The SMILES string of the molecule is COc1ccc(C(=O)Nc2ccc(-n3c(C)nc4ncccc4c3=O)cc2)cc1OC. The van der Waals surface area contributed by atoms with Gasteiger partial charge >= 0.3 is 0 Å². The Balaban J connectivity index is 1.60. The van der Waals surface area contributed by atoms with Crippen molar-refractivity contribution in [2.75, 3.05) is 19.5 Å². The van der Waals surface area contributed by atoms with Crippen LogP contribution in [-0.4, -0.2) is 34.7 Å². The van der Waals surface area contributed by atoms with Crippen molar-refractivity contribution in [2.24, 2.45) is 0 Å². The lowest BCUT2D eigenvalue weighted by Gasteiger charge is -2.12. The van der Waals surface area contributed by atoms with Gasteiger partial charge in [0.1, 0.15) is 5.82 Å². The van der Waals surface area contributed by atoms with Gasteiger partial charge in [0.05, 0.1) is 25.3 Å². The van der Waals surface area contributed by atoms with Gasteiger partial charge in [0, 0.05) is 17.4 Å². The largest absolute Gasteiger partial charge is 0.493 e. The molecule has 2 heterocycles. The number of nitrogens with zero attached hydrogens (tertiary/aromatic N) is 3. The van der Waals surface area contributed by atoms with Crippen LogP contribution < -0.4 is 20.3 Å². The molecule has 0 atom stereocenters. The zero-order chi connectivity index (χ0) is 22.0. The van der Waals surface area contributed by atoms with Crippen LogP contribution in [0, 0.1) is 6.92 Å². The predicted molar refractivity (Wildman–Crippen MR) is 117 cm³/mol. The van der Waals surface area contributed by atoms with Gasteiger partial charge in [0.15, 0.2) is 17.1 Å². The number of carbonyl (C=O) groups is 1. The zero-order valence-electron chi connectivity index (χ0n) is 17.2. The van der Waals surface area contributed by atoms with Crippen molar-refractivity contribution in [1.29, 1.82) is 0 Å². The van der Waals surface area contributed by atoms with Gasteiger partial charge < -0.3 is 14.8 Å². The molecule has 2 aromatic carbocycles. The van der Waals surface area contributed by atoms with Crippen LogP contribution in [0.15, 0.2) is 65.6 Å². The Morgan fingerprint density at radius 2 is 1.74 bits per heavy atom. The molecular weight excluding hydrogens is 396 g/mol. The minimum atomic E-state index is -0.291. The van der Waals surface area contributed by atoms with E-state index in [1.54, 1.807) is 67.7 Å². The highest BCUT2D eigenvalue weighted by molar-refractivity contribution is 6.04. The third kappa shape index (κ3) is 3.83. The van der Waals surface area contributed by atoms with Gasteiger partial charge in [-0.2, -0.15) is 0 Å².